The van der Waals surface area contributed by atoms with Gasteiger partial charge >= 0.3 is 0 Å². The molecule has 0 fully saturated rings. The average Bonchev–Trinajstić information content (AvgIpc) is 2.65. The number of nitrogens with zero attached hydrogens (tertiary/aromatic N) is 2. The molecule has 0 aliphatic rings. The molecule has 2 aromatic rings. The summed E-state index contributed by atoms with van der Waals surface area (Å²) in [5, 5.41) is 5.17. The number of aromatic nitrogens is 2. The molecule has 0 spiro atoms. The van der Waals surface area contributed by atoms with E-state index in [9.17, 15) is 0 Å². The maximum Gasteiger partial charge on any atom is 0.145 e. The van der Waals surface area contributed by atoms with Crippen LogP contribution in [0, 0.1) is 0 Å². The zero-order valence-corrected chi connectivity index (χ0v) is 10.6. The number of hydrogen-bond donors (Lipinski definition) is 1. The molecule has 3 nitrogen and oxygen atoms in total. The third-order valence-corrected chi connectivity index (χ3v) is 3.70. The van der Waals surface area contributed by atoms with Crippen molar-refractivity contribution in [2.45, 2.75) is 6.92 Å². The van der Waals surface area contributed by atoms with Crippen LogP contribution in [0.15, 0.2) is 28.3 Å². The van der Waals surface area contributed by atoms with Crippen LogP contribution >= 0.6 is 27.3 Å². The van der Waals surface area contributed by atoms with Gasteiger partial charge in [-0.05, 0) is 34.3 Å². The van der Waals surface area contributed by atoms with E-state index in [0.29, 0.717) is 0 Å². The van der Waals surface area contributed by atoms with Gasteiger partial charge in [-0.15, -0.1) is 11.3 Å². The SMILES string of the molecule is CCNc1cncc(-c2sccc2Br)n1. The first-order valence-electron chi connectivity index (χ1n) is 4.60. The van der Waals surface area contributed by atoms with E-state index in [1.165, 1.54) is 0 Å². The van der Waals surface area contributed by atoms with E-state index in [1.54, 1.807) is 23.7 Å². The van der Waals surface area contributed by atoms with Crippen molar-refractivity contribution in [3.8, 4) is 10.6 Å². The van der Waals surface area contributed by atoms with Crippen LogP contribution in [0.3, 0.4) is 0 Å². The molecule has 78 valence electrons. The highest BCUT2D eigenvalue weighted by Crippen LogP contribution is 2.32. The highest BCUT2D eigenvalue weighted by Gasteiger charge is 2.06. The van der Waals surface area contributed by atoms with Crippen molar-refractivity contribution in [1.29, 1.82) is 0 Å². The molecule has 0 saturated carbocycles. The van der Waals surface area contributed by atoms with Crippen molar-refractivity contribution >= 4 is 33.1 Å². The van der Waals surface area contributed by atoms with E-state index < -0.39 is 0 Å². The average molecular weight is 284 g/mol. The van der Waals surface area contributed by atoms with E-state index in [4.69, 9.17) is 0 Å². The predicted octanol–water partition coefficient (Wildman–Crippen LogP) is 3.40. The molecule has 2 heterocycles. The number of thiophene rings is 1. The monoisotopic (exact) mass is 283 g/mol. The molecule has 0 aliphatic carbocycles. The van der Waals surface area contributed by atoms with E-state index in [1.807, 2.05) is 18.4 Å². The Kier molecular flexibility index (Phi) is 3.33. The quantitative estimate of drug-likeness (QED) is 0.938. The van der Waals surface area contributed by atoms with Gasteiger partial charge in [0.15, 0.2) is 0 Å². The smallest absolute Gasteiger partial charge is 0.145 e. The van der Waals surface area contributed by atoms with Crippen LogP contribution in [0.1, 0.15) is 6.92 Å². The van der Waals surface area contributed by atoms with Gasteiger partial charge in [-0.2, -0.15) is 0 Å². The van der Waals surface area contributed by atoms with Crippen molar-refractivity contribution in [2.75, 3.05) is 11.9 Å². The maximum atomic E-state index is 4.47. The van der Waals surface area contributed by atoms with Crippen molar-refractivity contribution in [3.63, 3.8) is 0 Å². The topological polar surface area (TPSA) is 37.8 Å². The second kappa shape index (κ2) is 4.72. The maximum absolute atomic E-state index is 4.47. The number of rotatable bonds is 3. The van der Waals surface area contributed by atoms with Crippen LogP contribution in [0.4, 0.5) is 5.82 Å². The summed E-state index contributed by atoms with van der Waals surface area (Å²) in [6.07, 6.45) is 3.51. The van der Waals surface area contributed by atoms with E-state index in [0.717, 1.165) is 27.4 Å². The molecule has 0 atom stereocenters. The Labute approximate surface area is 101 Å². The number of halogens is 1. The predicted molar refractivity (Wildman–Crippen MR) is 67.2 cm³/mol. The molecule has 0 aromatic carbocycles. The summed E-state index contributed by atoms with van der Waals surface area (Å²) in [4.78, 5) is 9.75. The Balaban J connectivity index is 2.37. The third-order valence-electron chi connectivity index (χ3n) is 1.84. The first kappa shape index (κ1) is 10.6. The van der Waals surface area contributed by atoms with Crippen LogP contribution in [0.25, 0.3) is 10.6 Å². The van der Waals surface area contributed by atoms with Crippen molar-refractivity contribution in [2.24, 2.45) is 0 Å². The summed E-state index contributed by atoms with van der Waals surface area (Å²) in [5.41, 5.74) is 0.898. The Bertz CT molecular complexity index is 455. The van der Waals surface area contributed by atoms with Crippen LogP contribution in [0.5, 0.6) is 0 Å². The molecule has 1 N–H and O–H groups in total. The molecule has 5 heteroatoms. The number of nitrogens with one attached hydrogen (secondary N) is 1. The fourth-order valence-corrected chi connectivity index (χ4v) is 2.75. The molecule has 0 aliphatic heterocycles. The van der Waals surface area contributed by atoms with Gasteiger partial charge in [0.1, 0.15) is 11.5 Å². The molecule has 15 heavy (non-hydrogen) atoms. The van der Waals surface area contributed by atoms with E-state index >= 15 is 0 Å². The van der Waals surface area contributed by atoms with E-state index in [2.05, 4.69) is 31.2 Å². The molecular formula is C10H10BrN3S. The number of anilines is 1. The summed E-state index contributed by atoms with van der Waals surface area (Å²) < 4.78 is 1.07. The van der Waals surface area contributed by atoms with Gasteiger partial charge in [0, 0.05) is 11.0 Å². The normalized spacial score (nSPS) is 10.3. The second-order valence-corrected chi connectivity index (χ2v) is 4.69. The summed E-state index contributed by atoms with van der Waals surface area (Å²) in [6.45, 7) is 2.89. The number of hydrogen-bond acceptors (Lipinski definition) is 4. The van der Waals surface area contributed by atoms with Crippen LogP contribution in [-0.4, -0.2) is 16.5 Å². The van der Waals surface area contributed by atoms with Gasteiger partial charge in [0.05, 0.1) is 17.3 Å². The molecule has 2 rings (SSSR count). The molecule has 0 bridgehead atoms. The first-order valence-corrected chi connectivity index (χ1v) is 6.28. The fourth-order valence-electron chi connectivity index (χ4n) is 1.22. The summed E-state index contributed by atoms with van der Waals surface area (Å²) in [6, 6.07) is 2.02. The summed E-state index contributed by atoms with van der Waals surface area (Å²) in [5.74, 6) is 0.815. The first-order chi connectivity index (χ1) is 7.31. The lowest BCUT2D eigenvalue weighted by atomic mass is 10.3. The van der Waals surface area contributed by atoms with Gasteiger partial charge in [0.2, 0.25) is 0 Å². The van der Waals surface area contributed by atoms with Gasteiger partial charge in [-0.25, -0.2) is 4.98 Å². The minimum absolute atomic E-state index is 0.815. The molecule has 0 radical (unpaired) electrons. The highest BCUT2D eigenvalue weighted by molar-refractivity contribution is 9.10. The van der Waals surface area contributed by atoms with Crippen LogP contribution < -0.4 is 5.32 Å². The lowest BCUT2D eigenvalue weighted by Crippen LogP contribution is -2.00. The molecular weight excluding hydrogens is 274 g/mol. The third kappa shape index (κ3) is 2.35. The Hall–Kier alpha value is -0.940. The zero-order valence-electron chi connectivity index (χ0n) is 8.20. The summed E-state index contributed by atoms with van der Waals surface area (Å²) >= 11 is 5.14. The van der Waals surface area contributed by atoms with Gasteiger partial charge < -0.3 is 5.32 Å². The van der Waals surface area contributed by atoms with Gasteiger partial charge in [0.25, 0.3) is 0 Å². The fraction of sp³-hybridized carbons (Fsp3) is 0.200. The molecule has 0 saturated heterocycles. The Morgan fingerprint density at radius 3 is 3.00 bits per heavy atom. The zero-order chi connectivity index (χ0) is 10.7. The van der Waals surface area contributed by atoms with Crippen LogP contribution in [-0.2, 0) is 0 Å². The minimum atomic E-state index is 0.815. The highest BCUT2D eigenvalue weighted by atomic mass is 79.9. The molecule has 0 unspecified atom stereocenters. The molecule has 0 amide bonds. The largest absolute Gasteiger partial charge is 0.369 e. The van der Waals surface area contributed by atoms with Crippen molar-refractivity contribution < 1.29 is 0 Å². The Morgan fingerprint density at radius 1 is 1.47 bits per heavy atom. The lowest BCUT2D eigenvalue weighted by molar-refractivity contribution is 1.13. The van der Waals surface area contributed by atoms with Crippen molar-refractivity contribution in [3.05, 3.63) is 28.3 Å². The van der Waals surface area contributed by atoms with Gasteiger partial charge in [-0.3, -0.25) is 4.98 Å². The second-order valence-electron chi connectivity index (χ2n) is 2.92. The van der Waals surface area contributed by atoms with Crippen molar-refractivity contribution in [1.82, 2.24) is 9.97 Å². The van der Waals surface area contributed by atoms with E-state index in [-0.39, 0.29) is 0 Å². The lowest BCUT2D eigenvalue weighted by Gasteiger charge is -2.03. The van der Waals surface area contributed by atoms with Gasteiger partial charge in [-0.1, -0.05) is 0 Å². The molecule has 2 aromatic heterocycles. The van der Waals surface area contributed by atoms with Crippen LogP contribution in [0.2, 0.25) is 0 Å². The minimum Gasteiger partial charge on any atom is -0.369 e. The summed E-state index contributed by atoms with van der Waals surface area (Å²) in [7, 11) is 0. The Morgan fingerprint density at radius 2 is 2.33 bits per heavy atom. The standard InChI is InChI=1S/C10H10BrN3S/c1-2-13-9-6-12-5-8(14-9)10-7(11)3-4-15-10/h3-6H,2H2,1H3,(H,13,14).